The summed E-state index contributed by atoms with van der Waals surface area (Å²) in [6.07, 6.45) is 1.44. The Bertz CT molecular complexity index is 1160. The second-order valence-corrected chi connectivity index (χ2v) is 10.8. The van der Waals surface area contributed by atoms with Gasteiger partial charge in [0.05, 0.1) is 17.9 Å². The van der Waals surface area contributed by atoms with E-state index in [0.717, 1.165) is 25.0 Å². The number of rotatable bonds is 6. The Labute approximate surface area is 198 Å². The van der Waals surface area contributed by atoms with Crippen LogP contribution >= 0.6 is 0 Å². The highest BCUT2D eigenvalue weighted by Crippen LogP contribution is 2.26. The molecule has 0 saturated carbocycles. The number of amides is 1. The van der Waals surface area contributed by atoms with Gasteiger partial charge in [-0.2, -0.15) is 4.31 Å². The maximum Gasteiger partial charge on any atom is 0.251 e. The van der Waals surface area contributed by atoms with Crippen molar-refractivity contribution in [3.63, 3.8) is 0 Å². The number of hydrogen-bond acceptors (Lipinski definition) is 5. The smallest absolute Gasteiger partial charge is 0.251 e. The maximum absolute atomic E-state index is 14.8. The largest absolute Gasteiger partial charge is 0.372 e. The molecule has 7 nitrogen and oxygen atoms in total. The zero-order chi connectivity index (χ0) is 24.5. The van der Waals surface area contributed by atoms with Crippen molar-refractivity contribution in [2.24, 2.45) is 0 Å². The molecule has 2 fully saturated rings. The molecule has 1 amide bonds. The molecule has 2 aliphatic rings. The SMILES string of the molecule is CC1CN(c2ccc(CNC(=O)c3ccc(F)c(S(=O)(=O)N4CCCC4)c3)cc2F)CC(C)O1. The highest BCUT2D eigenvalue weighted by atomic mass is 32.2. The van der Waals surface area contributed by atoms with Crippen LogP contribution in [0.4, 0.5) is 14.5 Å². The molecule has 0 spiro atoms. The number of carbonyl (C=O) groups excluding carboxylic acids is 1. The van der Waals surface area contributed by atoms with Crippen LogP contribution in [-0.2, 0) is 21.3 Å². The van der Waals surface area contributed by atoms with E-state index in [4.69, 9.17) is 4.74 Å². The first-order valence-corrected chi connectivity index (χ1v) is 12.9. The summed E-state index contributed by atoms with van der Waals surface area (Å²) in [7, 11) is -4.01. The van der Waals surface area contributed by atoms with Crippen LogP contribution in [0.3, 0.4) is 0 Å². The van der Waals surface area contributed by atoms with Crippen LogP contribution in [-0.4, -0.2) is 57.0 Å². The van der Waals surface area contributed by atoms with Gasteiger partial charge in [0.2, 0.25) is 10.0 Å². The molecule has 2 aromatic rings. The Hall–Kier alpha value is -2.56. The van der Waals surface area contributed by atoms with Crippen molar-refractivity contribution in [3.05, 3.63) is 59.2 Å². The number of ether oxygens (including phenoxy) is 1. The van der Waals surface area contributed by atoms with Gasteiger partial charge in [0.15, 0.2) is 0 Å². The number of halogens is 2. The topological polar surface area (TPSA) is 79.0 Å². The van der Waals surface area contributed by atoms with Crippen LogP contribution in [0.15, 0.2) is 41.3 Å². The number of hydrogen-bond donors (Lipinski definition) is 1. The molecule has 2 aromatic carbocycles. The highest BCUT2D eigenvalue weighted by molar-refractivity contribution is 7.89. The molecule has 0 radical (unpaired) electrons. The average molecular weight is 494 g/mol. The lowest BCUT2D eigenvalue weighted by molar-refractivity contribution is -0.00539. The first kappa shape index (κ1) is 24.6. The number of carbonyl (C=O) groups is 1. The Kier molecular flexibility index (Phi) is 7.20. The zero-order valence-corrected chi connectivity index (χ0v) is 20.1. The van der Waals surface area contributed by atoms with Crippen LogP contribution < -0.4 is 10.2 Å². The van der Waals surface area contributed by atoms with E-state index in [-0.39, 0.29) is 24.3 Å². The minimum absolute atomic E-state index is 0.00278. The van der Waals surface area contributed by atoms with Gasteiger partial charge >= 0.3 is 0 Å². The van der Waals surface area contributed by atoms with Crippen molar-refractivity contribution in [2.75, 3.05) is 31.1 Å². The Balaban J connectivity index is 1.44. The van der Waals surface area contributed by atoms with Gasteiger partial charge in [-0.25, -0.2) is 17.2 Å². The average Bonchev–Trinajstić information content (AvgIpc) is 3.33. The fourth-order valence-corrected chi connectivity index (χ4v) is 6.09. The van der Waals surface area contributed by atoms with E-state index in [1.165, 1.54) is 16.4 Å². The molecule has 34 heavy (non-hydrogen) atoms. The molecule has 2 aliphatic heterocycles. The molecular formula is C24H29F2N3O4S. The fourth-order valence-electron chi connectivity index (χ4n) is 4.49. The van der Waals surface area contributed by atoms with E-state index in [1.54, 1.807) is 12.1 Å². The summed E-state index contributed by atoms with van der Waals surface area (Å²) in [5, 5.41) is 2.65. The van der Waals surface area contributed by atoms with E-state index < -0.39 is 32.5 Å². The van der Waals surface area contributed by atoms with Crippen LogP contribution in [0, 0.1) is 11.6 Å². The normalized spacial score (nSPS) is 21.6. The third-order valence-corrected chi connectivity index (χ3v) is 8.02. The van der Waals surface area contributed by atoms with Gasteiger partial charge in [-0.15, -0.1) is 0 Å². The standard InChI is InChI=1S/C24H29F2N3O4S/c1-16-14-28(15-17(2)33-16)22-8-5-18(11-21(22)26)13-27-24(30)19-6-7-20(25)23(12-19)34(31,32)29-9-3-4-10-29/h5-8,11-12,16-17H,3-4,9-10,13-15H2,1-2H3,(H,27,30). The van der Waals surface area contributed by atoms with Crippen molar-refractivity contribution in [1.29, 1.82) is 0 Å². The Morgan fingerprint density at radius 3 is 2.35 bits per heavy atom. The third kappa shape index (κ3) is 5.24. The van der Waals surface area contributed by atoms with Gasteiger partial charge in [0, 0.05) is 38.3 Å². The van der Waals surface area contributed by atoms with E-state index in [2.05, 4.69) is 5.32 Å². The lowest BCUT2D eigenvalue weighted by atomic mass is 10.1. The Morgan fingerprint density at radius 1 is 1.03 bits per heavy atom. The molecule has 2 saturated heterocycles. The minimum Gasteiger partial charge on any atom is -0.372 e. The summed E-state index contributed by atoms with van der Waals surface area (Å²) < 4.78 is 61.6. The summed E-state index contributed by atoms with van der Waals surface area (Å²) in [6, 6.07) is 8.06. The molecular weight excluding hydrogens is 464 g/mol. The van der Waals surface area contributed by atoms with Gasteiger partial charge in [0.1, 0.15) is 16.5 Å². The van der Waals surface area contributed by atoms with E-state index >= 15 is 0 Å². The second kappa shape index (κ2) is 9.97. The summed E-state index contributed by atoms with van der Waals surface area (Å²) in [5.41, 5.74) is 1.05. The van der Waals surface area contributed by atoms with Crippen molar-refractivity contribution in [3.8, 4) is 0 Å². The lowest BCUT2D eigenvalue weighted by Crippen LogP contribution is -2.45. The molecule has 184 valence electrons. The van der Waals surface area contributed by atoms with Crippen molar-refractivity contribution < 1.29 is 26.7 Å². The number of nitrogens with one attached hydrogen (secondary N) is 1. The molecule has 0 bridgehead atoms. The predicted octanol–water partition coefficient (Wildman–Crippen LogP) is 3.29. The summed E-state index contributed by atoms with van der Waals surface area (Å²) in [4.78, 5) is 14.1. The zero-order valence-electron chi connectivity index (χ0n) is 19.3. The molecule has 10 heteroatoms. The van der Waals surface area contributed by atoms with Crippen LogP contribution in [0.25, 0.3) is 0 Å². The van der Waals surface area contributed by atoms with Crippen LogP contribution in [0.1, 0.15) is 42.6 Å². The lowest BCUT2D eigenvalue weighted by Gasteiger charge is -2.37. The van der Waals surface area contributed by atoms with Gasteiger partial charge in [-0.1, -0.05) is 6.07 Å². The molecule has 1 N–H and O–H groups in total. The quantitative estimate of drug-likeness (QED) is 0.668. The highest BCUT2D eigenvalue weighted by Gasteiger charge is 2.30. The summed E-state index contributed by atoms with van der Waals surface area (Å²) in [6.45, 7) is 5.78. The fraction of sp³-hybridized carbons (Fsp3) is 0.458. The van der Waals surface area contributed by atoms with Crippen LogP contribution in [0.5, 0.6) is 0 Å². The van der Waals surface area contributed by atoms with Gasteiger partial charge in [0.25, 0.3) is 5.91 Å². The monoisotopic (exact) mass is 493 g/mol. The molecule has 0 aliphatic carbocycles. The van der Waals surface area contributed by atoms with Gasteiger partial charge in [-0.05, 0) is 62.6 Å². The molecule has 2 atom stereocenters. The molecule has 2 heterocycles. The predicted molar refractivity (Wildman–Crippen MR) is 124 cm³/mol. The van der Waals surface area contributed by atoms with Gasteiger partial charge in [-0.3, -0.25) is 4.79 Å². The van der Waals surface area contributed by atoms with E-state index in [9.17, 15) is 22.0 Å². The maximum atomic E-state index is 14.8. The summed E-state index contributed by atoms with van der Waals surface area (Å²) in [5.74, 6) is -1.86. The number of morpholine rings is 1. The third-order valence-electron chi connectivity index (χ3n) is 6.10. The molecule has 2 unspecified atom stereocenters. The molecule has 4 rings (SSSR count). The first-order valence-electron chi connectivity index (χ1n) is 11.4. The van der Waals surface area contributed by atoms with E-state index in [0.29, 0.717) is 37.4 Å². The van der Waals surface area contributed by atoms with Gasteiger partial charge < -0.3 is 15.0 Å². The minimum atomic E-state index is -4.01. The second-order valence-electron chi connectivity index (χ2n) is 8.89. The summed E-state index contributed by atoms with van der Waals surface area (Å²) >= 11 is 0. The van der Waals surface area contributed by atoms with Crippen molar-refractivity contribution in [1.82, 2.24) is 9.62 Å². The number of benzene rings is 2. The molecule has 0 aromatic heterocycles. The first-order chi connectivity index (χ1) is 16.1. The number of anilines is 1. The number of nitrogens with zero attached hydrogens (tertiary/aromatic N) is 2. The van der Waals surface area contributed by atoms with Crippen molar-refractivity contribution >= 4 is 21.6 Å². The number of sulfonamides is 1. The Morgan fingerprint density at radius 2 is 1.71 bits per heavy atom. The van der Waals surface area contributed by atoms with E-state index in [1.807, 2.05) is 18.7 Å². The van der Waals surface area contributed by atoms with Crippen LogP contribution in [0.2, 0.25) is 0 Å². The van der Waals surface area contributed by atoms with Crippen molar-refractivity contribution in [2.45, 2.75) is 50.3 Å².